The molecule has 0 atom stereocenters. The number of hydroxylamine groups is 2. The van der Waals surface area contributed by atoms with Gasteiger partial charge in [0.15, 0.2) is 0 Å². The molecule has 3 aromatic carbocycles. The van der Waals surface area contributed by atoms with E-state index in [9.17, 15) is 31.1 Å². The largest absolute Gasteiger partial charge is 0.416 e. The van der Waals surface area contributed by atoms with E-state index in [1.807, 2.05) is 0 Å². The molecule has 0 heterocycles. The quantitative estimate of drug-likeness (QED) is 0.254. The maximum absolute atomic E-state index is 13.1. The molecule has 0 aliphatic carbocycles. The van der Waals surface area contributed by atoms with Crippen LogP contribution in [0, 0.1) is 0 Å². The molecule has 0 amide bonds. The van der Waals surface area contributed by atoms with E-state index in [-0.39, 0.29) is 17.2 Å². The summed E-state index contributed by atoms with van der Waals surface area (Å²) in [5.41, 5.74) is -1.76. The monoisotopic (exact) mass is 531 g/mol. The fourth-order valence-corrected chi connectivity index (χ4v) is 3.66. The van der Waals surface area contributed by atoms with E-state index in [1.54, 1.807) is 42.5 Å². The molecule has 0 saturated carbocycles. The minimum Gasteiger partial charge on any atom is -0.364 e. The molecule has 0 radical (unpaired) electrons. The number of hydrogen-bond acceptors (Lipinski definition) is 3. The maximum atomic E-state index is 13.1. The molecule has 3 rings (SSSR count). The van der Waals surface area contributed by atoms with Gasteiger partial charge in [0.1, 0.15) is 0 Å². The van der Waals surface area contributed by atoms with Crippen molar-refractivity contribution in [2.75, 3.05) is 7.05 Å². The van der Waals surface area contributed by atoms with Crippen LogP contribution in [0.2, 0.25) is 0 Å². The van der Waals surface area contributed by atoms with Crippen molar-refractivity contribution < 1.29 is 36.0 Å². The zero-order valence-corrected chi connectivity index (χ0v) is 18.6. The normalized spacial score (nSPS) is 12.2. The molecule has 10 heteroatoms. The van der Waals surface area contributed by atoms with Gasteiger partial charge >= 0.3 is 18.3 Å². The van der Waals surface area contributed by atoms with Gasteiger partial charge in [-0.15, -0.1) is 5.06 Å². The molecule has 0 aliphatic heterocycles. The average Bonchev–Trinajstić information content (AvgIpc) is 2.72. The summed E-state index contributed by atoms with van der Waals surface area (Å²) in [7, 11) is 1.24. The zero-order chi connectivity index (χ0) is 24.4. The van der Waals surface area contributed by atoms with Crippen molar-refractivity contribution in [3.05, 3.63) is 93.5 Å². The molecule has 0 bridgehead atoms. The summed E-state index contributed by atoms with van der Waals surface area (Å²) < 4.78 is 79.2. The standard InChI is InChI=1S/C23H16BrF6NO2/c1-31(13-14-10-15(22(25,26)27)12-16(11-14)23(28,29)30)33-21(32)19-8-3-2-6-17(19)18-7-4-5-9-20(18)24/h2-12H,13H2,1H3. The zero-order valence-electron chi connectivity index (χ0n) is 17.0. The second kappa shape index (κ2) is 9.56. The van der Waals surface area contributed by atoms with Crippen LogP contribution in [0.5, 0.6) is 0 Å². The van der Waals surface area contributed by atoms with Crippen LogP contribution in [0.25, 0.3) is 11.1 Å². The van der Waals surface area contributed by atoms with Gasteiger partial charge in [-0.1, -0.05) is 52.3 Å². The van der Waals surface area contributed by atoms with Crippen LogP contribution in [-0.2, 0) is 23.7 Å². The van der Waals surface area contributed by atoms with Gasteiger partial charge in [0, 0.05) is 11.5 Å². The number of nitrogens with zero attached hydrogens (tertiary/aromatic N) is 1. The number of carbonyl (C=O) groups excluding carboxylic acids is 1. The molecule has 174 valence electrons. The topological polar surface area (TPSA) is 29.5 Å². The first-order valence-electron chi connectivity index (χ1n) is 9.42. The van der Waals surface area contributed by atoms with Gasteiger partial charge in [-0.3, -0.25) is 0 Å². The average molecular weight is 532 g/mol. The van der Waals surface area contributed by atoms with Crippen molar-refractivity contribution in [1.29, 1.82) is 0 Å². The lowest BCUT2D eigenvalue weighted by molar-refractivity contribution is -0.143. The van der Waals surface area contributed by atoms with Crippen molar-refractivity contribution >= 4 is 21.9 Å². The van der Waals surface area contributed by atoms with Crippen molar-refractivity contribution in [1.82, 2.24) is 5.06 Å². The Bertz CT molecular complexity index is 1130. The first-order valence-corrected chi connectivity index (χ1v) is 10.2. The molecule has 0 saturated heterocycles. The van der Waals surface area contributed by atoms with Gasteiger partial charge in [0.05, 0.1) is 23.2 Å². The van der Waals surface area contributed by atoms with E-state index in [1.165, 1.54) is 13.1 Å². The number of carbonyl (C=O) groups is 1. The summed E-state index contributed by atoms with van der Waals surface area (Å²) >= 11 is 3.41. The molecule has 0 fully saturated rings. The number of hydrogen-bond donors (Lipinski definition) is 0. The van der Waals surface area contributed by atoms with Crippen LogP contribution in [0.3, 0.4) is 0 Å². The van der Waals surface area contributed by atoms with Crippen molar-refractivity contribution in [3.8, 4) is 11.1 Å². The number of alkyl halides is 6. The third kappa shape index (κ3) is 6.14. The Kier molecular flexibility index (Phi) is 7.18. The second-order valence-electron chi connectivity index (χ2n) is 7.10. The Balaban J connectivity index is 1.85. The van der Waals surface area contributed by atoms with E-state index in [0.29, 0.717) is 23.3 Å². The summed E-state index contributed by atoms with van der Waals surface area (Å²) in [6.45, 7) is -0.490. The molecule has 3 nitrogen and oxygen atoms in total. The van der Waals surface area contributed by atoms with E-state index < -0.39 is 36.0 Å². The van der Waals surface area contributed by atoms with Crippen LogP contribution in [-0.4, -0.2) is 18.1 Å². The van der Waals surface area contributed by atoms with E-state index >= 15 is 0 Å². The lowest BCUT2D eigenvalue weighted by atomic mass is 10.00. The van der Waals surface area contributed by atoms with Gasteiger partial charge in [0.25, 0.3) is 0 Å². The number of benzene rings is 3. The van der Waals surface area contributed by atoms with Crippen LogP contribution in [0.4, 0.5) is 26.3 Å². The molecule has 33 heavy (non-hydrogen) atoms. The highest BCUT2D eigenvalue weighted by Crippen LogP contribution is 2.36. The second-order valence-corrected chi connectivity index (χ2v) is 7.96. The Hall–Kier alpha value is -2.85. The number of halogens is 7. The summed E-state index contributed by atoms with van der Waals surface area (Å²) in [5, 5.41) is 0.884. The Morgan fingerprint density at radius 2 is 1.36 bits per heavy atom. The third-order valence-corrected chi connectivity index (χ3v) is 5.29. The van der Waals surface area contributed by atoms with E-state index in [2.05, 4.69) is 15.9 Å². The van der Waals surface area contributed by atoms with Crippen molar-refractivity contribution in [3.63, 3.8) is 0 Å². The molecule has 0 aromatic heterocycles. The lowest BCUT2D eigenvalue weighted by Gasteiger charge is -2.19. The van der Waals surface area contributed by atoms with Gasteiger partial charge in [0.2, 0.25) is 0 Å². The van der Waals surface area contributed by atoms with Gasteiger partial charge in [-0.25, -0.2) is 4.79 Å². The van der Waals surface area contributed by atoms with Gasteiger partial charge < -0.3 is 4.84 Å². The predicted molar refractivity (Wildman–Crippen MR) is 113 cm³/mol. The molecule has 0 unspecified atom stereocenters. The lowest BCUT2D eigenvalue weighted by Crippen LogP contribution is -2.24. The summed E-state index contributed by atoms with van der Waals surface area (Å²) in [5.74, 6) is -0.813. The Morgan fingerprint density at radius 1 is 0.848 bits per heavy atom. The molecule has 0 spiro atoms. The van der Waals surface area contributed by atoms with Gasteiger partial charge in [-0.2, -0.15) is 26.3 Å². The highest BCUT2D eigenvalue weighted by molar-refractivity contribution is 9.10. The maximum Gasteiger partial charge on any atom is 0.416 e. The summed E-state index contributed by atoms with van der Waals surface area (Å²) in [4.78, 5) is 18.0. The summed E-state index contributed by atoms with van der Waals surface area (Å²) in [6, 6.07) is 14.9. The molecular formula is C23H16BrF6NO2. The van der Waals surface area contributed by atoms with Crippen molar-refractivity contribution in [2.45, 2.75) is 18.9 Å². The summed E-state index contributed by atoms with van der Waals surface area (Å²) in [6.07, 6.45) is -9.93. The van der Waals surface area contributed by atoms with E-state index in [4.69, 9.17) is 4.84 Å². The highest BCUT2D eigenvalue weighted by atomic mass is 79.9. The first-order chi connectivity index (χ1) is 15.4. The third-order valence-electron chi connectivity index (χ3n) is 4.60. The smallest absolute Gasteiger partial charge is 0.364 e. The van der Waals surface area contributed by atoms with Gasteiger partial charge in [-0.05, 0) is 47.0 Å². The fraction of sp³-hybridized carbons (Fsp3) is 0.174. The fourth-order valence-electron chi connectivity index (χ4n) is 3.17. The van der Waals surface area contributed by atoms with Crippen LogP contribution in [0.1, 0.15) is 27.0 Å². The van der Waals surface area contributed by atoms with Crippen LogP contribution >= 0.6 is 15.9 Å². The SMILES string of the molecule is CN(Cc1cc(C(F)(F)F)cc(C(F)(F)F)c1)OC(=O)c1ccccc1-c1ccccc1Br. The Morgan fingerprint density at radius 3 is 1.91 bits per heavy atom. The number of rotatable bonds is 5. The van der Waals surface area contributed by atoms with E-state index in [0.717, 1.165) is 9.54 Å². The predicted octanol–water partition coefficient (Wildman–Crippen LogP) is 7.36. The minimum absolute atomic E-state index is 0.0451. The van der Waals surface area contributed by atoms with Crippen LogP contribution < -0.4 is 0 Å². The molecule has 3 aromatic rings. The highest BCUT2D eigenvalue weighted by Gasteiger charge is 2.37. The van der Waals surface area contributed by atoms with Crippen molar-refractivity contribution in [2.24, 2.45) is 0 Å². The van der Waals surface area contributed by atoms with Crippen LogP contribution in [0.15, 0.2) is 71.2 Å². The molecule has 0 aliphatic rings. The first kappa shape index (κ1) is 24.8. The minimum atomic E-state index is -4.97. The molecular weight excluding hydrogens is 516 g/mol. The molecule has 0 N–H and O–H groups in total. The Labute approximate surface area is 193 Å².